The Labute approximate surface area is 172 Å². The summed E-state index contributed by atoms with van der Waals surface area (Å²) >= 11 is 15.7. The monoisotopic (exact) mass is 449 g/mol. The van der Waals surface area contributed by atoms with Gasteiger partial charge in [0, 0.05) is 32.3 Å². The molecule has 0 radical (unpaired) electrons. The minimum absolute atomic E-state index is 0.464. The van der Waals surface area contributed by atoms with E-state index in [4.69, 9.17) is 27.9 Å². The topological polar surface area (TPSA) is 21.3 Å². The van der Waals surface area contributed by atoms with Crippen molar-refractivity contribution in [2.45, 2.75) is 20.1 Å². The highest BCUT2D eigenvalue weighted by Gasteiger charge is 2.07. The van der Waals surface area contributed by atoms with Crippen LogP contribution in [0.4, 0.5) is 5.69 Å². The smallest absolute Gasteiger partial charge is 0.124 e. The normalized spacial score (nSPS) is 10.6. The molecule has 0 aromatic heterocycles. The summed E-state index contributed by atoms with van der Waals surface area (Å²) < 4.78 is 7.04. The second-order valence-corrected chi connectivity index (χ2v) is 7.77. The Morgan fingerprint density at radius 3 is 2.58 bits per heavy atom. The Bertz CT molecular complexity index is 914. The summed E-state index contributed by atoms with van der Waals surface area (Å²) in [6.45, 7) is 3.15. The number of ether oxygens (including phenoxy) is 1. The number of aryl methyl sites for hydroxylation is 1. The van der Waals surface area contributed by atoms with Crippen molar-refractivity contribution >= 4 is 44.8 Å². The number of hydrogen-bond acceptors (Lipinski definition) is 2. The largest absolute Gasteiger partial charge is 0.489 e. The summed E-state index contributed by atoms with van der Waals surface area (Å²) in [5, 5.41) is 4.86. The van der Waals surface area contributed by atoms with Crippen LogP contribution >= 0.6 is 39.1 Å². The molecule has 3 aromatic carbocycles. The first-order valence-corrected chi connectivity index (χ1v) is 9.72. The minimum Gasteiger partial charge on any atom is -0.489 e. The van der Waals surface area contributed by atoms with Crippen LogP contribution in [0.5, 0.6) is 5.75 Å². The van der Waals surface area contributed by atoms with Crippen LogP contribution in [0.3, 0.4) is 0 Å². The summed E-state index contributed by atoms with van der Waals surface area (Å²) in [5.41, 5.74) is 4.25. The van der Waals surface area contributed by atoms with Gasteiger partial charge < -0.3 is 10.1 Å². The zero-order chi connectivity index (χ0) is 18.5. The molecule has 0 heterocycles. The summed E-state index contributed by atoms with van der Waals surface area (Å²) in [7, 11) is 0. The number of anilines is 1. The van der Waals surface area contributed by atoms with Crippen molar-refractivity contribution in [3.63, 3.8) is 0 Å². The van der Waals surface area contributed by atoms with Gasteiger partial charge in [-0.15, -0.1) is 0 Å². The Hall–Kier alpha value is -1.68. The van der Waals surface area contributed by atoms with Crippen LogP contribution in [0.2, 0.25) is 10.0 Å². The molecule has 3 aromatic rings. The van der Waals surface area contributed by atoms with Gasteiger partial charge in [-0.05, 0) is 60.5 Å². The van der Waals surface area contributed by atoms with Crippen molar-refractivity contribution in [1.82, 2.24) is 0 Å². The molecule has 5 heteroatoms. The molecule has 1 N–H and O–H groups in total. The van der Waals surface area contributed by atoms with Gasteiger partial charge in [0.2, 0.25) is 0 Å². The van der Waals surface area contributed by atoms with Crippen LogP contribution in [0.1, 0.15) is 16.7 Å². The number of hydrogen-bond donors (Lipinski definition) is 1. The van der Waals surface area contributed by atoms with E-state index in [9.17, 15) is 0 Å². The van der Waals surface area contributed by atoms with Gasteiger partial charge in [-0.25, -0.2) is 0 Å². The fraction of sp³-hybridized carbons (Fsp3) is 0.143. The molecule has 26 heavy (non-hydrogen) atoms. The molecular weight excluding hydrogens is 433 g/mol. The third-order valence-electron chi connectivity index (χ3n) is 3.97. The lowest BCUT2D eigenvalue weighted by molar-refractivity contribution is 0.303. The molecule has 0 aliphatic rings. The van der Waals surface area contributed by atoms with Gasteiger partial charge in [-0.1, -0.05) is 57.3 Å². The lowest BCUT2D eigenvalue weighted by Gasteiger charge is -2.15. The average molecular weight is 451 g/mol. The minimum atomic E-state index is 0.464. The predicted octanol–water partition coefficient (Wildman–Crippen LogP) is 7.26. The second-order valence-electron chi connectivity index (χ2n) is 5.98. The molecular formula is C21H18BrCl2NO. The summed E-state index contributed by atoms with van der Waals surface area (Å²) in [6, 6.07) is 19.5. The van der Waals surface area contributed by atoms with Crippen molar-refractivity contribution in [2.75, 3.05) is 5.32 Å². The van der Waals surface area contributed by atoms with E-state index in [1.54, 1.807) is 0 Å². The standard InChI is InChI=1S/C21H18BrCl2NO/c1-14-5-7-19(24)11-20(14)25-12-16-10-17(22)6-8-21(16)26-13-15-3-2-4-18(23)9-15/h2-11,25H,12-13H2,1H3. The average Bonchev–Trinajstić information content (AvgIpc) is 2.62. The van der Waals surface area contributed by atoms with Crippen LogP contribution in [-0.4, -0.2) is 0 Å². The van der Waals surface area contributed by atoms with Gasteiger partial charge in [-0.2, -0.15) is 0 Å². The van der Waals surface area contributed by atoms with Gasteiger partial charge in [0.15, 0.2) is 0 Å². The van der Waals surface area contributed by atoms with Crippen molar-refractivity contribution in [1.29, 1.82) is 0 Å². The van der Waals surface area contributed by atoms with E-state index in [0.717, 1.165) is 32.6 Å². The molecule has 0 atom stereocenters. The summed E-state index contributed by atoms with van der Waals surface area (Å²) in [4.78, 5) is 0. The number of rotatable bonds is 6. The van der Waals surface area contributed by atoms with Crippen molar-refractivity contribution in [2.24, 2.45) is 0 Å². The Kier molecular flexibility index (Phi) is 6.47. The highest BCUT2D eigenvalue weighted by molar-refractivity contribution is 9.10. The van der Waals surface area contributed by atoms with E-state index in [-0.39, 0.29) is 0 Å². The van der Waals surface area contributed by atoms with Gasteiger partial charge in [-0.3, -0.25) is 0 Å². The molecule has 0 amide bonds. The van der Waals surface area contributed by atoms with Crippen molar-refractivity contribution in [3.8, 4) is 5.75 Å². The Morgan fingerprint density at radius 1 is 0.962 bits per heavy atom. The summed E-state index contributed by atoms with van der Waals surface area (Å²) in [5.74, 6) is 0.834. The molecule has 0 unspecified atom stereocenters. The fourth-order valence-electron chi connectivity index (χ4n) is 2.59. The van der Waals surface area contributed by atoms with Gasteiger partial charge >= 0.3 is 0 Å². The first-order valence-electron chi connectivity index (χ1n) is 8.17. The number of halogens is 3. The maximum Gasteiger partial charge on any atom is 0.124 e. The first kappa shape index (κ1) is 19.1. The van der Waals surface area contributed by atoms with Gasteiger partial charge in [0.05, 0.1) is 0 Å². The SMILES string of the molecule is Cc1ccc(Cl)cc1NCc1cc(Br)ccc1OCc1cccc(Cl)c1. The van der Waals surface area contributed by atoms with Crippen LogP contribution in [0.15, 0.2) is 65.1 Å². The van der Waals surface area contributed by atoms with Crippen LogP contribution in [-0.2, 0) is 13.2 Å². The third-order valence-corrected chi connectivity index (χ3v) is 4.94. The van der Waals surface area contributed by atoms with Crippen LogP contribution in [0.25, 0.3) is 0 Å². The van der Waals surface area contributed by atoms with Gasteiger partial charge in [0.25, 0.3) is 0 Å². The molecule has 0 aliphatic heterocycles. The first-order chi connectivity index (χ1) is 12.5. The molecule has 3 rings (SSSR count). The molecule has 0 aliphatic carbocycles. The van der Waals surface area contributed by atoms with E-state index < -0.39 is 0 Å². The van der Waals surface area contributed by atoms with Crippen molar-refractivity contribution in [3.05, 3.63) is 91.9 Å². The Balaban J connectivity index is 1.74. The Morgan fingerprint density at radius 2 is 1.77 bits per heavy atom. The predicted molar refractivity (Wildman–Crippen MR) is 113 cm³/mol. The van der Waals surface area contributed by atoms with E-state index in [0.29, 0.717) is 23.2 Å². The van der Waals surface area contributed by atoms with Crippen LogP contribution in [0, 0.1) is 6.92 Å². The lowest BCUT2D eigenvalue weighted by Crippen LogP contribution is -2.05. The van der Waals surface area contributed by atoms with Crippen molar-refractivity contribution < 1.29 is 4.74 Å². The number of nitrogens with one attached hydrogen (secondary N) is 1. The van der Waals surface area contributed by atoms with Crippen LogP contribution < -0.4 is 10.1 Å². The van der Waals surface area contributed by atoms with E-state index >= 15 is 0 Å². The highest BCUT2D eigenvalue weighted by Crippen LogP contribution is 2.27. The zero-order valence-corrected chi connectivity index (χ0v) is 17.3. The fourth-order valence-corrected chi connectivity index (χ4v) is 3.38. The lowest BCUT2D eigenvalue weighted by atomic mass is 10.1. The second kappa shape index (κ2) is 8.81. The maximum absolute atomic E-state index is 6.10. The molecule has 0 saturated carbocycles. The zero-order valence-electron chi connectivity index (χ0n) is 14.2. The maximum atomic E-state index is 6.10. The molecule has 134 valence electrons. The quantitative estimate of drug-likeness (QED) is 0.426. The molecule has 0 spiro atoms. The number of benzene rings is 3. The van der Waals surface area contributed by atoms with E-state index in [2.05, 4.69) is 34.2 Å². The highest BCUT2D eigenvalue weighted by atomic mass is 79.9. The third kappa shape index (κ3) is 5.16. The van der Waals surface area contributed by atoms with E-state index in [1.807, 2.05) is 54.6 Å². The molecule has 2 nitrogen and oxygen atoms in total. The molecule has 0 bridgehead atoms. The molecule has 0 fully saturated rings. The summed E-state index contributed by atoms with van der Waals surface area (Å²) in [6.07, 6.45) is 0. The van der Waals surface area contributed by atoms with Gasteiger partial charge in [0.1, 0.15) is 12.4 Å². The molecule has 0 saturated heterocycles. The van der Waals surface area contributed by atoms with E-state index in [1.165, 1.54) is 0 Å².